The van der Waals surface area contributed by atoms with E-state index >= 15 is 0 Å². The Kier molecular flexibility index (Phi) is 3.82. The van der Waals surface area contributed by atoms with E-state index in [9.17, 15) is 0 Å². The maximum atomic E-state index is 9.02. The SMILES string of the molecule is COC(C)(C)c1nc2cc(C#N)ccc2n1CC(C)C. The summed E-state index contributed by atoms with van der Waals surface area (Å²) >= 11 is 0. The lowest BCUT2D eigenvalue weighted by Gasteiger charge is -2.24. The highest BCUT2D eigenvalue weighted by Crippen LogP contribution is 2.28. The molecule has 0 atom stereocenters. The molecule has 0 radical (unpaired) electrons. The van der Waals surface area contributed by atoms with Gasteiger partial charge in [0, 0.05) is 13.7 Å². The minimum atomic E-state index is -0.458. The maximum Gasteiger partial charge on any atom is 0.141 e. The van der Waals surface area contributed by atoms with Gasteiger partial charge in [-0.05, 0) is 38.0 Å². The molecule has 1 heterocycles. The number of methoxy groups -OCH3 is 1. The number of imidazole rings is 1. The van der Waals surface area contributed by atoms with Crippen molar-refractivity contribution in [2.45, 2.75) is 39.8 Å². The Balaban J connectivity index is 2.69. The Morgan fingerprint density at radius 1 is 1.40 bits per heavy atom. The highest BCUT2D eigenvalue weighted by Gasteiger charge is 2.27. The van der Waals surface area contributed by atoms with Crippen molar-refractivity contribution in [2.24, 2.45) is 5.92 Å². The van der Waals surface area contributed by atoms with E-state index in [1.807, 2.05) is 32.0 Å². The number of ether oxygens (including phenoxy) is 1. The Morgan fingerprint density at radius 3 is 2.65 bits per heavy atom. The molecule has 2 aromatic rings. The van der Waals surface area contributed by atoms with E-state index in [0.29, 0.717) is 11.5 Å². The van der Waals surface area contributed by atoms with Gasteiger partial charge in [-0.25, -0.2) is 4.98 Å². The quantitative estimate of drug-likeness (QED) is 0.855. The predicted octanol–water partition coefficient (Wildman–Crippen LogP) is 3.45. The van der Waals surface area contributed by atoms with Gasteiger partial charge in [-0.3, -0.25) is 0 Å². The van der Waals surface area contributed by atoms with Gasteiger partial charge in [0.05, 0.1) is 22.7 Å². The summed E-state index contributed by atoms with van der Waals surface area (Å²) in [4.78, 5) is 4.70. The van der Waals surface area contributed by atoms with Crippen molar-refractivity contribution in [3.63, 3.8) is 0 Å². The second-order valence-corrected chi connectivity index (χ2v) is 5.97. The summed E-state index contributed by atoms with van der Waals surface area (Å²) in [6.07, 6.45) is 0. The topological polar surface area (TPSA) is 50.8 Å². The van der Waals surface area contributed by atoms with Crippen LogP contribution in [0, 0.1) is 17.2 Å². The van der Waals surface area contributed by atoms with Crippen molar-refractivity contribution in [3.05, 3.63) is 29.6 Å². The number of fused-ring (bicyclic) bond motifs is 1. The van der Waals surface area contributed by atoms with E-state index < -0.39 is 5.60 Å². The zero-order valence-electron chi connectivity index (χ0n) is 12.8. The standard InChI is InChI=1S/C16H21N3O/c1-11(2)10-19-14-7-6-12(9-17)8-13(14)18-15(19)16(3,4)20-5/h6-8,11H,10H2,1-5H3. The summed E-state index contributed by atoms with van der Waals surface area (Å²) in [5, 5.41) is 9.02. The molecule has 0 N–H and O–H groups in total. The van der Waals surface area contributed by atoms with Gasteiger partial charge < -0.3 is 9.30 Å². The van der Waals surface area contributed by atoms with Crippen molar-refractivity contribution in [3.8, 4) is 6.07 Å². The van der Waals surface area contributed by atoms with Crippen LogP contribution in [-0.4, -0.2) is 16.7 Å². The van der Waals surface area contributed by atoms with Gasteiger partial charge in [0.1, 0.15) is 11.4 Å². The molecule has 0 fully saturated rings. The monoisotopic (exact) mass is 271 g/mol. The van der Waals surface area contributed by atoms with E-state index in [-0.39, 0.29) is 0 Å². The van der Waals surface area contributed by atoms with E-state index in [4.69, 9.17) is 15.0 Å². The summed E-state index contributed by atoms with van der Waals surface area (Å²) in [6.45, 7) is 9.26. The summed E-state index contributed by atoms with van der Waals surface area (Å²) in [5.74, 6) is 1.41. The van der Waals surface area contributed by atoms with Gasteiger partial charge in [-0.2, -0.15) is 5.26 Å². The number of hydrogen-bond acceptors (Lipinski definition) is 3. The number of benzene rings is 1. The zero-order chi connectivity index (χ0) is 14.9. The minimum Gasteiger partial charge on any atom is -0.371 e. The van der Waals surface area contributed by atoms with Crippen LogP contribution in [0.3, 0.4) is 0 Å². The van der Waals surface area contributed by atoms with Crippen molar-refractivity contribution < 1.29 is 4.74 Å². The van der Waals surface area contributed by atoms with E-state index in [0.717, 1.165) is 23.4 Å². The molecule has 0 aliphatic carbocycles. The normalized spacial score (nSPS) is 12.1. The Hall–Kier alpha value is -1.86. The molecule has 0 unspecified atom stereocenters. The Bertz CT molecular complexity index is 662. The van der Waals surface area contributed by atoms with Crippen molar-refractivity contribution >= 4 is 11.0 Å². The van der Waals surface area contributed by atoms with Crippen LogP contribution in [0.15, 0.2) is 18.2 Å². The fraction of sp³-hybridized carbons (Fsp3) is 0.500. The molecule has 0 spiro atoms. The summed E-state index contributed by atoms with van der Waals surface area (Å²) in [5.41, 5.74) is 2.08. The third kappa shape index (κ3) is 2.54. The van der Waals surface area contributed by atoms with Gasteiger partial charge >= 0.3 is 0 Å². The first-order valence-electron chi connectivity index (χ1n) is 6.85. The molecular weight excluding hydrogens is 250 g/mol. The van der Waals surface area contributed by atoms with Crippen LogP contribution >= 0.6 is 0 Å². The van der Waals surface area contributed by atoms with Gasteiger partial charge in [0.25, 0.3) is 0 Å². The number of nitrogens with zero attached hydrogens (tertiary/aromatic N) is 3. The lowest BCUT2D eigenvalue weighted by Crippen LogP contribution is -2.26. The first-order chi connectivity index (χ1) is 9.39. The number of hydrogen-bond donors (Lipinski definition) is 0. The smallest absolute Gasteiger partial charge is 0.141 e. The van der Waals surface area contributed by atoms with Gasteiger partial charge in [0.2, 0.25) is 0 Å². The van der Waals surface area contributed by atoms with Crippen molar-refractivity contribution in [1.82, 2.24) is 9.55 Å². The first-order valence-corrected chi connectivity index (χ1v) is 6.85. The molecule has 4 heteroatoms. The summed E-state index contributed by atoms with van der Waals surface area (Å²) in [7, 11) is 1.69. The van der Waals surface area contributed by atoms with E-state index in [1.165, 1.54) is 0 Å². The van der Waals surface area contributed by atoms with Crippen LogP contribution in [0.1, 0.15) is 39.1 Å². The van der Waals surface area contributed by atoms with E-state index in [2.05, 4.69) is 24.5 Å². The maximum absolute atomic E-state index is 9.02. The van der Waals surface area contributed by atoms with Gasteiger partial charge in [0.15, 0.2) is 0 Å². The summed E-state index contributed by atoms with van der Waals surface area (Å²) < 4.78 is 7.78. The molecule has 1 aromatic heterocycles. The van der Waals surface area contributed by atoms with Crippen LogP contribution < -0.4 is 0 Å². The average Bonchev–Trinajstić information content (AvgIpc) is 2.76. The molecule has 2 rings (SSSR count). The van der Waals surface area contributed by atoms with E-state index in [1.54, 1.807) is 7.11 Å². The molecular formula is C16H21N3O. The first kappa shape index (κ1) is 14.5. The lowest BCUT2D eigenvalue weighted by molar-refractivity contribution is 0.00854. The lowest BCUT2D eigenvalue weighted by atomic mass is 10.1. The third-order valence-electron chi connectivity index (χ3n) is 3.47. The highest BCUT2D eigenvalue weighted by atomic mass is 16.5. The molecule has 0 saturated carbocycles. The molecule has 0 saturated heterocycles. The summed E-state index contributed by atoms with van der Waals surface area (Å²) in [6, 6.07) is 7.80. The average molecular weight is 271 g/mol. The molecule has 1 aromatic carbocycles. The van der Waals surface area contributed by atoms with Crippen LogP contribution in [0.25, 0.3) is 11.0 Å². The van der Waals surface area contributed by atoms with Crippen LogP contribution in [0.5, 0.6) is 0 Å². The van der Waals surface area contributed by atoms with Crippen LogP contribution in [-0.2, 0) is 16.9 Å². The third-order valence-corrected chi connectivity index (χ3v) is 3.47. The fourth-order valence-electron chi connectivity index (χ4n) is 2.30. The van der Waals surface area contributed by atoms with Gasteiger partial charge in [-0.15, -0.1) is 0 Å². The second kappa shape index (κ2) is 5.26. The van der Waals surface area contributed by atoms with Crippen LogP contribution in [0.2, 0.25) is 0 Å². The molecule has 106 valence electrons. The van der Waals surface area contributed by atoms with Crippen molar-refractivity contribution in [1.29, 1.82) is 5.26 Å². The molecule has 0 aliphatic rings. The molecule has 0 amide bonds. The molecule has 4 nitrogen and oxygen atoms in total. The minimum absolute atomic E-state index is 0.458. The Labute approximate surface area is 120 Å². The fourth-order valence-corrected chi connectivity index (χ4v) is 2.30. The molecule has 0 aliphatic heterocycles. The molecule has 0 bridgehead atoms. The van der Waals surface area contributed by atoms with Crippen molar-refractivity contribution in [2.75, 3.05) is 7.11 Å². The number of nitriles is 1. The predicted molar refractivity (Wildman–Crippen MR) is 79.3 cm³/mol. The number of aromatic nitrogens is 2. The Morgan fingerprint density at radius 2 is 2.10 bits per heavy atom. The number of rotatable bonds is 4. The largest absolute Gasteiger partial charge is 0.371 e. The molecule has 20 heavy (non-hydrogen) atoms. The zero-order valence-corrected chi connectivity index (χ0v) is 12.8. The second-order valence-electron chi connectivity index (χ2n) is 5.97. The van der Waals surface area contributed by atoms with Gasteiger partial charge in [-0.1, -0.05) is 13.8 Å². The highest BCUT2D eigenvalue weighted by molar-refractivity contribution is 5.78. The van der Waals surface area contributed by atoms with Crippen LogP contribution in [0.4, 0.5) is 0 Å².